The minimum atomic E-state index is -0.383. The summed E-state index contributed by atoms with van der Waals surface area (Å²) in [4.78, 5) is 8.68. The molecule has 6 heteroatoms. The smallest absolute Gasteiger partial charge is 0.141 e. The number of benzene rings is 1. The maximum atomic E-state index is 13.3. The summed E-state index contributed by atoms with van der Waals surface area (Å²) >= 11 is 0. The van der Waals surface area contributed by atoms with Crippen LogP contribution in [0.5, 0.6) is 0 Å². The van der Waals surface area contributed by atoms with E-state index in [1.54, 1.807) is 6.20 Å². The molecule has 0 spiro atoms. The van der Waals surface area contributed by atoms with Crippen molar-refractivity contribution >= 4 is 10.9 Å². The fourth-order valence-electron chi connectivity index (χ4n) is 3.12. The Hall–Kier alpha value is -3.12. The third-order valence-electron chi connectivity index (χ3n) is 4.44. The van der Waals surface area contributed by atoms with Crippen LogP contribution >= 0.6 is 0 Å². The Morgan fingerprint density at radius 1 is 1.12 bits per heavy atom. The number of para-hydroxylation sites is 1. The molecule has 0 bridgehead atoms. The van der Waals surface area contributed by atoms with E-state index in [-0.39, 0.29) is 11.9 Å². The Morgan fingerprint density at radius 3 is 2.81 bits per heavy atom. The van der Waals surface area contributed by atoms with Crippen molar-refractivity contribution in [3.8, 4) is 5.69 Å². The average Bonchev–Trinajstić information content (AvgIpc) is 3.08. The first-order valence-electron chi connectivity index (χ1n) is 8.38. The van der Waals surface area contributed by atoms with Gasteiger partial charge in [0.05, 0.1) is 35.3 Å². The molecule has 1 atom stereocenters. The lowest BCUT2D eigenvalue weighted by Crippen LogP contribution is -2.19. The molecule has 2 N–H and O–H groups in total. The van der Waals surface area contributed by atoms with E-state index >= 15 is 0 Å². The van der Waals surface area contributed by atoms with Gasteiger partial charge in [-0.25, -0.2) is 9.07 Å². The topological polar surface area (TPSA) is 69.6 Å². The summed E-state index contributed by atoms with van der Waals surface area (Å²) in [6.07, 6.45) is 5.23. The van der Waals surface area contributed by atoms with Crippen LogP contribution < -0.4 is 5.73 Å². The Bertz CT molecular complexity index is 1070. The van der Waals surface area contributed by atoms with Crippen LogP contribution in [0.2, 0.25) is 0 Å². The number of hydrogen-bond donors (Lipinski definition) is 1. The number of nitrogens with two attached hydrogens (primary N) is 1. The highest BCUT2D eigenvalue weighted by Crippen LogP contribution is 2.24. The normalized spacial score (nSPS) is 12.4. The highest BCUT2D eigenvalue weighted by molar-refractivity contribution is 5.80. The molecule has 0 radical (unpaired) electrons. The third-order valence-corrected chi connectivity index (χ3v) is 4.44. The molecule has 0 aliphatic rings. The summed E-state index contributed by atoms with van der Waals surface area (Å²) < 4.78 is 15.1. The van der Waals surface area contributed by atoms with Crippen LogP contribution in [0.4, 0.5) is 4.39 Å². The van der Waals surface area contributed by atoms with E-state index in [4.69, 9.17) is 5.73 Å². The van der Waals surface area contributed by atoms with Crippen molar-refractivity contribution in [2.24, 2.45) is 5.73 Å². The van der Waals surface area contributed by atoms with Gasteiger partial charge in [0.2, 0.25) is 0 Å². The number of halogens is 1. The van der Waals surface area contributed by atoms with E-state index in [1.807, 2.05) is 54.2 Å². The van der Waals surface area contributed by atoms with E-state index in [1.165, 1.54) is 12.3 Å². The highest BCUT2D eigenvalue weighted by atomic mass is 19.1. The number of pyridine rings is 2. The molecule has 0 amide bonds. The van der Waals surface area contributed by atoms with Crippen molar-refractivity contribution in [3.63, 3.8) is 0 Å². The zero-order chi connectivity index (χ0) is 18.1. The lowest BCUT2D eigenvalue weighted by atomic mass is 10.0. The Kier molecular flexibility index (Phi) is 4.18. The van der Waals surface area contributed by atoms with Gasteiger partial charge in [-0.1, -0.05) is 18.2 Å². The quantitative estimate of drug-likeness (QED) is 0.613. The predicted molar refractivity (Wildman–Crippen MR) is 98.4 cm³/mol. The average molecular weight is 347 g/mol. The SMILES string of the molecule is Cc1cc(F)cnc1CC(N)c1ncccc1-n1ncc2ccccc21. The molecule has 0 aliphatic heterocycles. The van der Waals surface area contributed by atoms with Crippen LogP contribution in [0.1, 0.15) is 23.0 Å². The van der Waals surface area contributed by atoms with Gasteiger partial charge in [0.15, 0.2) is 0 Å². The lowest BCUT2D eigenvalue weighted by Gasteiger charge is -2.16. The fraction of sp³-hybridized carbons (Fsp3) is 0.150. The summed E-state index contributed by atoms with van der Waals surface area (Å²) in [7, 11) is 0. The van der Waals surface area contributed by atoms with Crippen LogP contribution in [0.3, 0.4) is 0 Å². The van der Waals surface area contributed by atoms with Crippen LogP contribution in [0.25, 0.3) is 16.6 Å². The monoisotopic (exact) mass is 347 g/mol. The van der Waals surface area contributed by atoms with Gasteiger partial charge in [-0.05, 0) is 36.8 Å². The molecule has 0 aliphatic carbocycles. The molecule has 5 nitrogen and oxygen atoms in total. The van der Waals surface area contributed by atoms with Gasteiger partial charge in [0, 0.05) is 23.7 Å². The molecule has 3 aromatic heterocycles. The minimum absolute atomic E-state index is 0.346. The van der Waals surface area contributed by atoms with E-state index in [0.29, 0.717) is 6.42 Å². The van der Waals surface area contributed by atoms with E-state index in [2.05, 4.69) is 15.1 Å². The summed E-state index contributed by atoms with van der Waals surface area (Å²) in [5, 5.41) is 5.55. The predicted octanol–water partition coefficient (Wildman–Crippen LogP) is 3.51. The van der Waals surface area contributed by atoms with Crippen LogP contribution in [0.15, 0.2) is 61.1 Å². The van der Waals surface area contributed by atoms with Gasteiger partial charge in [0.25, 0.3) is 0 Å². The summed E-state index contributed by atoms with van der Waals surface area (Å²) in [6, 6.07) is 12.9. The highest BCUT2D eigenvalue weighted by Gasteiger charge is 2.18. The van der Waals surface area contributed by atoms with Crippen LogP contribution in [-0.4, -0.2) is 19.7 Å². The number of rotatable bonds is 4. The van der Waals surface area contributed by atoms with Gasteiger partial charge >= 0.3 is 0 Å². The minimum Gasteiger partial charge on any atom is -0.322 e. The summed E-state index contributed by atoms with van der Waals surface area (Å²) in [5.41, 5.74) is 10.5. The van der Waals surface area contributed by atoms with Gasteiger partial charge in [0.1, 0.15) is 5.82 Å². The molecular formula is C20H18FN5. The first-order chi connectivity index (χ1) is 12.6. The van der Waals surface area contributed by atoms with Gasteiger partial charge in [-0.3, -0.25) is 9.97 Å². The summed E-state index contributed by atoms with van der Waals surface area (Å²) in [5.74, 6) is -0.346. The van der Waals surface area contributed by atoms with E-state index in [0.717, 1.165) is 33.5 Å². The second kappa shape index (κ2) is 6.65. The molecule has 4 rings (SSSR count). The van der Waals surface area contributed by atoms with E-state index < -0.39 is 0 Å². The molecule has 4 aromatic rings. The third kappa shape index (κ3) is 2.95. The fourth-order valence-corrected chi connectivity index (χ4v) is 3.12. The van der Waals surface area contributed by atoms with Crippen molar-refractivity contribution in [1.82, 2.24) is 19.7 Å². The van der Waals surface area contributed by atoms with Crippen molar-refractivity contribution in [2.45, 2.75) is 19.4 Å². The molecule has 1 unspecified atom stereocenters. The number of hydrogen-bond acceptors (Lipinski definition) is 4. The Morgan fingerprint density at radius 2 is 1.96 bits per heavy atom. The molecular weight excluding hydrogens is 329 g/mol. The molecule has 0 fully saturated rings. The second-order valence-corrected chi connectivity index (χ2v) is 6.25. The van der Waals surface area contributed by atoms with Crippen LogP contribution in [-0.2, 0) is 6.42 Å². The maximum Gasteiger partial charge on any atom is 0.141 e. The lowest BCUT2D eigenvalue weighted by molar-refractivity contribution is 0.611. The van der Waals surface area contributed by atoms with E-state index in [9.17, 15) is 4.39 Å². The molecule has 1 aromatic carbocycles. The first kappa shape index (κ1) is 16.4. The largest absolute Gasteiger partial charge is 0.322 e. The number of nitrogens with zero attached hydrogens (tertiary/aromatic N) is 4. The first-order valence-corrected chi connectivity index (χ1v) is 8.38. The number of fused-ring (bicyclic) bond motifs is 1. The van der Waals surface area contributed by atoms with Crippen molar-refractivity contribution in [1.29, 1.82) is 0 Å². The van der Waals surface area contributed by atoms with Crippen molar-refractivity contribution < 1.29 is 4.39 Å². The standard InChI is InChI=1S/C20H18FN5/c1-13-9-15(21)12-24-17(13)10-16(22)20-19(7-4-8-23-20)26-18-6-3-2-5-14(18)11-25-26/h2-9,11-12,16H,10,22H2,1H3. The Balaban J connectivity index is 1.73. The number of aromatic nitrogens is 4. The zero-order valence-electron chi connectivity index (χ0n) is 14.3. The van der Waals surface area contributed by atoms with Gasteiger partial charge in [-0.15, -0.1) is 0 Å². The number of aryl methyl sites for hydroxylation is 1. The second-order valence-electron chi connectivity index (χ2n) is 6.25. The molecule has 0 saturated heterocycles. The molecule has 0 saturated carbocycles. The Labute approximate surface area is 150 Å². The zero-order valence-corrected chi connectivity index (χ0v) is 14.3. The molecule has 3 heterocycles. The maximum absolute atomic E-state index is 13.3. The summed E-state index contributed by atoms with van der Waals surface area (Å²) in [6.45, 7) is 1.83. The molecule has 130 valence electrons. The van der Waals surface area contributed by atoms with Gasteiger partial charge < -0.3 is 5.73 Å². The molecule has 26 heavy (non-hydrogen) atoms. The van der Waals surface area contributed by atoms with Crippen LogP contribution in [0, 0.1) is 12.7 Å². The van der Waals surface area contributed by atoms with Crippen molar-refractivity contribution in [2.75, 3.05) is 0 Å². The van der Waals surface area contributed by atoms with Gasteiger partial charge in [-0.2, -0.15) is 5.10 Å². The van der Waals surface area contributed by atoms with Crippen molar-refractivity contribution in [3.05, 3.63) is 83.8 Å².